The van der Waals surface area contributed by atoms with E-state index in [9.17, 15) is 24.3 Å². The van der Waals surface area contributed by atoms with Crippen molar-refractivity contribution in [3.05, 3.63) is 0 Å². The quantitative estimate of drug-likeness (QED) is 0.246. The zero-order valence-electron chi connectivity index (χ0n) is 29.3. The van der Waals surface area contributed by atoms with Gasteiger partial charge in [0.15, 0.2) is 17.7 Å². The van der Waals surface area contributed by atoms with Crippen molar-refractivity contribution in [3.8, 4) is 24.2 Å². The Labute approximate surface area is 278 Å². The zero-order chi connectivity index (χ0) is 35.4. The number of nitrogens with one attached hydrogen (secondary N) is 1. The second-order valence-electron chi connectivity index (χ2n) is 13.9. The minimum absolute atomic E-state index is 0.0555. The zero-order valence-corrected chi connectivity index (χ0v) is 29.3. The second kappa shape index (κ2) is 15.5. The highest BCUT2D eigenvalue weighted by atomic mass is 16.7. The van der Waals surface area contributed by atoms with Crippen LogP contribution in [0.1, 0.15) is 74.7 Å². The topological polar surface area (TPSA) is 150 Å². The first-order chi connectivity index (χ1) is 21.9. The largest absolute Gasteiger partial charge is 0.458 e. The van der Waals surface area contributed by atoms with Crippen molar-refractivity contribution in [3.63, 3.8) is 0 Å². The van der Waals surface area contributed by atoms with Gasteiger partial charge in [-0.3, -0.25) is 14.4 Å². The average molecular weight is 661 g/mol. The molecule has 3 aliphatic rings. The maximum absolute atomic E-state index is 14.1. The lowest BCUT2D eigenvalue weighted by Gasteiger charge is -2.47. The van der Waals surface area contributed by atoms with Crippen molar-refractivity contribution in [2.45, 2.75) is 129 Å². The van der Waals surface area contributed by atoms with Crippen LogP contribution in [0.3, 0.4) is 0 Å². The Morgan fingerprint density at radius 2 is 1.72 bits per heavy atom. The lowest BCUT2D eigenvalue weighted by Crippen LogP contribution is -2.60. The van der Waals surface area contributed by atoms with E-state index in [4.69, 9.17) is 30.1 Å². The minimum Gasteiger partial charge on any atom is -0.458 e. The first-order valence-electron chi connectivity index (χ1n) is 16.4. The van der Waals surface area contributed by atoms with Gasteiger partial charge >= 0.3 is 12.1 Å². The summed E-state index contributed by atoms with van der Waals surface area (Å²) in [5, 5.41) is 14.1. The number of aliphatic hydroxyl groups excluding tert-OH is 1. The summed E-state index contributed by atoms with van der Waals surface area (Å²) >= 11 is 0. The fraction of sp³-hybridized carbons (Fsp3) is 0.771. The Bertz CT molecular complexity index is 1280. The number of likely N-dealkylation sites (N-methyl/N-ethyl adjacent to an activating group) is 1. The van der Waals surface area contributed by atoms with Gasteiger partial charge in [-0.25, -0.2) is 4.79 Å². The van der Waals surface area contributed by atoms with E-state index < -0.39 is 83.4 Å². The summed E-state index contributed by atoms with van der Waals surface area (Å²) in [6, 6.07) is -1.13. The highest BCUT2D eigenvalue weighted by molar-refractivity contribution is 6.00. The van der Waals surface area contributed by atoms with Crippen molar-refractivity contribution in [1.82, 2.24) is 10.2 Å². The highest BCUT2D eigenvalue weighted by Crippen LogP contribution is 2.40. The number of fused-ring (bicyclic) bond motifs is 1. The van der Waals surface area contributed by atoms with E-state index in [1.807, 2.05) is 25.9 Å². The van der Waals surface area contributed by atoms with Crippen molar-refractivity contribution >= 4 is 23.6 Å². The van der Waals surface area contributed by atoms with Crippen molar-refractivity contribution in [2.75, 3.05) is 20.7 Å². The van der Waals surface area contributed by atoms with Crippen molar-refractivity contribution in [2.24, 2.45) is 23.7 Å². The van der Waals surface area contributed by atoms with E-state index in [1.165, 1.54) is 6.92 Å². The first kappa shape index (κ1) is 38.4. The van der Waals surface area contributed by atoms with Crippen LogP contribution in [-0.2, 0) is 38.1 Å². The molecule has 3 rings (SSSR count). The minimum atomic E-state index is -1.39. The molecule has 3 saturated heterocycles. The van der Waals surface area contributed by atoms with Crippen molar-refractivity contribution in [1.29, 1.82) is 0 Å². The van der Waals surface area contributed by atoms with Crippen LogP contribution in [-0.4, -0.2) is 108 Å². The van der Waals surface area contributed by atoms with Gasteiger partial charge in [0, 0.05) is 23.8 Å². The molecule has 3 aliphatic heterocycles. The predicted molar refractivity (Wildman–Crippen MR) is 172 cm³/mol. The molecule has 0 bridgehead atoms. The molecule has 1 amide bonds. The van der Waals surface area contributed by atoms with Gasteiger partial charge in [0.1, 0.15) is 30.5 Å². The summed E-state index contributed by atoms with van der Waals surface area (Å²) < 4.78 is 30.6. The van der Waals surface area contributed by atoms with Gasteiger partial charge in [0.2, 0.25) is 0 Å². The number of amides is 1. The first-order valence-corrected chi connectivity index (χ1v) is 16.4. The average Bonchev–Trinajstić information content (AvgIpc) is 3.33. The van der Waals surface area contributed by atoms with Gasteiger partial charge in [-0.15, -0.1) is 6.42 Å². The predicted octanol–water partition coefficient (Wildman–Crippen LogP) is 2.48. The molecule has 13 atom stereocenters. The number of aliphatic hydroxyl groups is 1. The summed E-state index contributed by atoms with van der Waals surface area (Å²) in [6.45, 7) is 13.3. The molecule has 0 aromatic rings. The number of hydrogen-bond acceptors (Lipinski definition) is 11. The summed E-state index contributed by atoms with van der Waals surface area (Å²) in [5.41, 5.74) is -2.76. The van der Waals surface area contributed by atoms with E-state index in [0.29, 0.717) is 6.42 Å². The maximum atomic E-state index is 14.1. The van der Waals surface area contributed by atoms with Crippen LogP contribution in [0.25, 0.3) is 0 Å². The molecule has 0 radical (unpaired) electrons. The number of carbonyl (C=O) groups is 4. The number of Topliss-reactive ketones (excluding diaryl/α,β-unsaturated/α-hetero) is 2. The smallest absolute Gasteiger partial charge is 0.408 e. The van der Waals surface area contributed by atoms with Crippen LogP contribution in [0.15, 0.2) is 0 Å². The molecule has 3 heterocycles. The highest BCUT2D eigenvalue weighted by Gasteiger charge is 2.57. The fourth-order valence-corrected chi connectivity index (χ4v) is 7.41. The van der Waals surface area contributed by atoms with Crippen LogP contribution in [0, 0.1) is 47.9 Å². The Hall–Kier alpha value is -3.00. The van der Waals surface area contributed by atoms with Gasteiger partial charge in [0.25, 0.3) is 0 Å². The van der Waals surface area contributed by atoms with E-state index in [2.05, 4.69) is 23.1 Å². The van der Waals surface area contributed by atoms with E-state index in [1.54, 1.807) is 41.5 Å². The molecule has 0 spiro atoms. The number of terminal acetylenes is 1. The summed E-state index contributed by atoms with van der Waals surface area (Å²) in [6.07, 6.45) is 0.866. The van der Waals surface area contributed by atoms with Crippen LogP contribution >= 0.6 is 0 Å². The SMILES string of the molecule is C#CC#CCO[C@@]1(C)C[C@@H](C)C(=O)[C@H](C)[C@H]2NC(=O)O[C@]2(C)[C@@H](CC)OC(=O)[C@H](C)C(=O)[C@H](C)[C@H]1O[C@@H]1O[C@H](C)C[C@H](N(C)C)[C@H]1O. The van der Waals surface area contributed by atoms with Gasteiger partial charge in [0.05, 0.1) is 23.9 Å². The van der Waals surface area contributed by atoms with Gasteiger partial charge in [-0.1, -0.05) is 33.6 Å². The molecule has 12 heteroatoms. The summed E-state index contributed by atoms with van der Waals surface area (Å²) in [5.74, 6) is 2.28. The third-order valence-corrected chi connectivity index (χ3v) is 10.1. The second-order valence-corrected chi connectivity index (χ2v) is 13.9. The number of ether oxygens (including phenoxy) is 5. The molecule has 0 aromatic heterocycles. The molecule has 0 aliphatic carbocycles. The fourth-order valence-electron chi connectivity index (χ4n) is 7.41. The number of esters is 1. The van der Waals surface area contributed by atoms with E-state index in [-0.39, 0.29) is 37.4 Å². The molecule has 3 fully saturated rings. The third-order valence-electron chi connectivity index (χ3n) is 10.1. The molecular weight excluding hydrogens is 608 g/mol. The standard InChI is InChI=1S/C35H52N2O10/c1-12-14-15-16-43-34(8)18-19(3)26(38)21(5)29-35(9,47-33(42)36-29)25(13-2)45-31(41)23(7)27(39)22(6)30(34)46-32-28(40)24(37(10)11)17-20(4)44-32/h1,19-25,28-30,32,40H,13,16-18H2,2-11H3,(H,36,42)/t19-,20-,21+,22+,23-,24+,25-,28-,29-,30-,32+,34+,35-/m1/s1. The third kappa shape index (κ3) is 8.18. The van der Waals surface area contributed by atoms with Crippen LogP contribution < -0.4 is 5.32 Å². The molecular formula is C35H52N2O10. The van der Waals surface area contributed by atoms with Gasteiger partial charge in [-0.2, -0.15) is 0 Å². The normalized spacial score (nSPS) is 41.8. The maximum Gasteiger partial charge on any atom is 0.408 e. The monoisotopic (exact) mass is 660 g/mol. The molecule has 262 valence electrons. The van der Waals surface area contributed by atoms with Gasteiger partial charge in [-0.05, 0) is 72.9 Å². The Morgan fingerprint density at radius 1 is 1.06 bits per heavy atom. The summed E-state index contributed by atoms with van der Waals surface area (Å²) in [4.78, 5) is 56.3. The van der Waals surface area contributed by atoms with E-state index >= 15 is 0 Å². The number of cyclic esters (lactones) is 1. The molecule has 47 heavy (non-hydrogen) atoms. The Kier molecular flexibility index (Phi) is 12.7. The molecule has 2 N–H and O–H groups in total. The molecule has 0 aromatic carbocycles. The Balaban J connectivity index is 2.16. The lowest BCUT2D eigenvalue weighted by molar-refractivity contribution is -0.296. The number of nitrogens with zero attached hydrogens (tertiary/aromatic N) is 1. The number of ketones is 2. The molecule has 12 nitrogen and oxygen atoms in total. The van der Waals surface area contributed by atoms with Crippen LogP contribution in [0.5, 0.6) is 0 Å². The van der Waals surface area contributed by atoms with Crippen molar-refractivity contribution < 1.29 is 48.0 Å². The molecule has 0 unspecified atom stereocenters. The number of hydrogen-bond donors (Lipinski definition) is 2. The number of alkyl carbamates (subject to hydrolysis) is 1. The number of rotatable bonds is 6. The lowest BCUT2D eigenvalue weighted by atomic mass is 9.73. The Morgan fingerprint density at radius 3 is 2.32 bits per heavy atom. The number of carbonyl (C=O) groups excluding carboxylic acids is 4. The molecule has 0 saturated carbocycles. The van der Waals surface area contributed by atoms with E-state index in [0.717, 1.165) is 0 Å². The van der Waals surface area contributed by atoms with Crippen LogP contribution in [0.4, 0.5) is 4.79 Å². The summed E-state index contributed by atoms with van der Waals surface area (Å²) in [7, 11) is 3.70. The van der Waals surface area contributed by atoms with Crippen LogP contribution in [0.2, 0.25) is 0 Å². The van der Waals surface area contributed by atoms with Gasteiger partial charge < -0.3 is 39.0 Å².